The third-order valence-corrected chi connectivity index (χ3v) is 9.19. The van der Waals surface area contributed by atoms with Gasteiger partial charge in [0.05, 0.1) is 31.8 Å². The number of halogens is 1. The van der Waals surface area contributed by atoms with Crippen molar-refractivity contribution in [2.24, 2.45) is 23.2 Å². The Morgan fingerprint density at radius 1 is 1.23 bits per heavy atom. The first-order chi connectivity index (χ1) is 15.0. The van der Waals surface area contributed by atoms with Crippen LogP contribution in [0.2, 0.25) is 0 Å². The van der Waals surface area contributed by atoms with Crippen LogP contribution in [0.1, 0.15) is 51.0 Å². The van der Waals surface area contributed by atoms with Crippen LogP contribution in [0.25, 0.3) is 5.57 Å². The molecule has 5 heteroatoms. The SMILES string of the molecule is C[C@]12CCC[C@@]3(CO3)[C@@H]1C[C@H]1[C@@H](C2)OC(=O)[C@@H]1C[NH+]1CC=C(c2ccc(F)cc2)CC1. The normalized spacial score (nSPS) is 43.7. The first-order valence-electron chi connectivity index (χ1n) is 12.1. The summed E-state index contributed by atoms with van der Waals surface area (Å²) in [5, 5.41) is 0. The molecule has 2 saturated heterocycles. The van der Waals surface area contributed by atoms with Gasteiger partial charge in [-0.2, -0.15) is 0 Å². The fourth-order valence-corrected chi connectivity index (χ4v) is 7.40. The van der Waals surface area contributed by atoms with Crippen molar-refractivity contribution in [1.82, 2.24) is 0 Å². The summed E-state index contributed by atoms with van der Waals surface area (Å²) in [7, 11) is 0. The third-order valence-electron chi connectivity index (χ3n) is 9.19. The zero-order valence-electron chi connectivity index (χ0n) is 18.4. The standard InChI is InChI=1S/C26H32FNO3/c1-25-9-2-10-26(16-30-26)23(25)13-20-21(24(29)31-22(20)14-25)15-28-11-7-18(8-12-28)17-3-5-19(27)6-4-17/h3-7,20-23H,2,8-16H2,1H3/p+1/t20-,21-,22-,23-,25-,26-/m1/s1. The number of fused-ring (bicyclic) bond motifs is 3. The first kappa shape index (κ1) is 19.9. The van der Waals surface area contributed by atoms with Gasteiger partial charge in [-0.15, -0.1) is 0 Å². The molecule has 1 aromatic carbocycles. The fourth-order valence-electron chi connectivity index (χ4n) is 7.40. The van der Waals surface area contributed by atoms with E-state index in [4.69, 9.17) is 9.47 Å². The molecule has 166 valence electrons. The molecule has 31 heavy (non-hydrogen) atoms. The molecule has 1 aromatic rings. The minimum atomic E-state index is -0.193. The maximum absolute atomic E-state index is 13.2. The summed E-state index contributed by atoms with van der Waals surface area (Å²) >= 11 is 0. The smallest absolute Gasteiger partial charge is 0.315 e. The summed E-state index contributed by atoms with van der Waals surface area (Å²) in [5.41, 5.74) is 2.77. The Morgan fingerprint density at radius 3 is 2.74 bits per heavy atom. The van der Waals surface area contributed by atoms with E-state index in [-0.39, 0.29) is 34.8 Å². The number of carbonyl (C=O) groups is 1. The highest BCUT2D eigenvalue weighted by Crippen LogP contribution is 2.62. The Balaban J connectivity index is 1.15. The lowest BCUT2D eigenvalue weighted by atomic mass is 9.53. The van der Waals surface area contributed by atoms with Crippen molar-refractivity contribution in [3.8, 4) is 0 Å². The van der Waals surface area contributed by atoms with E-state index in [0.717, 1.165) is 51.1 Å². The molecule has 2 saturated carbocycles. The van der Waals surface area contributed by atoms with E-state index in [1.807, 2.05) is 12.1 Å². The molecule has 1 unspecified atom stereocenters. The van der Waals surface area contributed by atoms with Crippen LogP contribution in [0.3, 0.4) is 0 Å². The van der Waals surface area contributed by atoms with Crippen molar-refractivity contribution in [3.63, 3.8) is 0 Å². The van der Waals surface area contributed by atoms with Crippen LogP contribution in [0.15, 0.2) is 30.3 Å². The van der Waals surface area contributed by atoms with E-state index >= 15 is 0 Å². The van der Waals surface area contributed by atoms with Gasteiger partial charge < -0.3 is 14.4 Å². The fraction of sp³-hybridized carbons (Fsp3) is 0.654. The largest absolute Gasteiger partial charge is 0.462 e. The van der Waals surface area contributed by atoms with Gasteiger partial charge in [0.2, 0.25) is 0 Å². The molecular weight excluding hydrogens is 393 g/mol. The second kappa shape index (κ2) is 7.14. The van der Waals surface area contributed by atoms with Crippen molar-refractivity contribution < 1.29 is 23.6 Å². The predicted octanol–water partition coefficient (Wildman–Crippen LogP) is 3.02. The van der Waals surface area contributed by atoms with Crippen LogP contribution in [-0.2, 0) is 14.3 Å². The summed E-state index contributed by atoms with van der Waals surface area (Å²) in [6.45, 7) is 6.12. The lowest BCUT2D eigenvalue weighted by Crippen LogP contribution is -3.13. The third kappa shape index (κ3) is 3.36. The topological polar surface area (TPSA) is 43.3 Å². The quantitative estimate of drug-likeness (QED) is 0.597. The Labute approximate surface area is 183 Å². The van der Waals surface area contributed by atoms with Gasteiger partial charge in [-0.25, -0.2) is 4.39 Å². The molecule has 6 rings (SSSR count). The number of rotatable bonds is 3. The van der Waals surface area contributed by atoms with E-state index in [1.165, 1.54) is 41.9 Å². The van der Waals surface area contributed by atoms with Crippen LogP contribution in [0, 0.1) is 29.0 Å². The minimum absolute atomic E-state index is 0.0167. The lowest BCUT2D eigenvalue weighted by Gasteiger charge is -2.51. The number of ether oxygens (including phenoxy) is 2. The van der Waals surface area contributed by atoms with Crippen molar-refractivity contribution >= 4 is 11.5 Å². The van der Waals surface area contributed by atoms with Gasteiger partial charge in [0, 0.05) is 12.3 Å². The van der Waals surface area contributed by atoms with Gasteiger partial charge in [0.1, 0.15) is 17.8 Å². The molecule has 3 heterocycles. The average molecular weight is 427 g/mol. The highest BCUT2D eigenvalue weighted by atomic mass is 19.1. The molecule has 0 radical (unpaired) electrons. The zero-order chi connectivity index (χ0) is 21.2. The van der Waals surface area contributed by atoms with Gasteiger partial charge in [0.15, 0.2) is 0 Å². The number of carbonyl (C=O) groups excluding carboxylic acids is 1. The van der Waals surface area contributed by atoms with Crippen LogP contribution >= 0.6 is 0 Å². The van der Waals surface area contributed by atoms with Gasteiger partial charge in [0.25, 0.3) is 0 Å². The Morgan fingerprint density at radius 2 is 2.03 bits per heavy atom. The predicted molar refractivity (Wildman–Crippen MR) is 115 cm³/mol. The maximum Gasteiger partial charge on any atom is 0.315 e. The first-order valence-corrected chi connectivity index (χ1v) is 12.1. The van der Waals surface area contributed by atoms with Gasteiger partial charge in [-0.3, -0.25) is 4.79 Å². The average Bonchev–Trinajstić information content (AvgIpc) is 3.46. The number of hydrogen-bond donors (Lipinski definition) is 1. The van der Waals surface area contributed by atoms with E-state index in [0.29, 0.717) is 11.8 Å². The summed E-state index contributed by atoms with van der Waals surface area (Å²) in [5.74, 6) is 0.779. The second-order valence-electron chi connectivity index (χ2n) is 11.0. The molecule has 0 bridgehead atoms. The van der Waals surface area contributed by atoms with Gasteiger partial charge >= 0.3 is 5.97 Å². The molecule has 4 nitrogen and oxygen atoms in total. The van der Waals surface area contributed by atoms with Crippen LogP contribution in [0.5, 0.6) is 0 Å². The molecular formula is C26H33FNO3+. The molecule has 0 amide bonds. The number of hydrogen-bond acceptors (Lipinski definition) is 3. The van der Waals surface area contributed by atoms with Crippen molar-refractivity contribution in [2.75, 3.05) is 26.2 Å². The Kier molecular flexibility index (Phi) is 4.59. The molecule has 7 atom stereocenters. The van der Waals surface area contributed by atoms with Gasteiger partial charge in [-0.1, -0.05) is 19.1 Å². The van der Waals surface area contributed by atoms with E-state index < -0.39 is 0 Å². The number of epoxide rings is 1. The molecule has 1 N–H and O–H groups in total. The summed E-state index contributed by atoms with van der Waals surface area (Å²) in [6, 6.07) is 6.79. The monoisotopic (exact) mass is 426 g/mol. The minimum Gasteiger partial charge on any atom is -0.462 e. The van der Waals surface area contributed by atoms with Crippen LogP contribution in [0.4, 0.5) is 4.39 Å². The number of benzene rings is 1. The highest BCUT2D eigenvalue weighted by molar-refractivity contribution is 5.75. The van der Waals surface area contributed by atoms with Crippen molar-refractivity contribution in [2.45, 2.75) is 57.2 Å². The zero-order valence-corrected chi connectivity index (χ0v) is 18.4. The second-order valence-corrected chi connectivity index (χ2v) is 11.0. The van der Waals surface area contributed by atoms with E-state index in [1.54, 1.807) is 0 Å². The Hall–Kier alpha value is -1.72. The summed E-state index contributed by atoms with van der Waals surface area (Å²) < 4.78 is 25.2. The van der Waals surface area contributed by atoms with Crippen LogP contribution < -0.4 is 4.90 Å². The van der Waals surface area contributed by atoms with Crippen molar-refractivity contribution in [3.05, 3.63) is 41.7 Å². The Bertz CT molecular complexity index is 908. The number of quaternary nitrogens is 1. The molecule has 5 aliphatic rings. The summed E-state index contributed by atoms with van der Waals surface area (Å²) in [4.78, 5) is 14.4. The molecule has 0 aromatic heterocycles. The summed E-state index contributed by atoms with van der Waals surface area (Å²) in [6.07, 6.45) is 9.11. The molecule has 3 aliphatic heterocycles. The lowest BCUT2D eigenvalue weighted by molar-refractivity contribution is -0.897. The molecule has 2 aliphatic carbocycles. The number of esters is 1. The van der Waals surface area contributed by atoms with E-state index in [2.05, 4.69) is 13.0 Å². The van der Waals surface area contributed by atoms with Crippen molar-refractivity contribution in [1.29, 1.82) is 0 Å². The highest BCUT2D eigenvalue weighted by Gasteiger charge is 2.65. The molecule has 4 fully saturated rings. The number of nitrogens with one attached hydrogen (secondary N) is 1. The van der Waals surface area contributed by atoms with Crippen LogP contribution in [-0.4, -0.2) is 43.9 Å². The molecule has 1 spiro atoms. The maximum atomic E-state index is 13.2. The van der Waals surface area contributed by atoms with Gasteiger partial charge in [-0.05, 0) is 72.8 Å². The van der Waals surface area contributed by atoms with E-state index in [9.17, 15) is 9.18 Å².